The van der Waals surface area contributed by atoms with Gasteiger partial charge in [-0.2, -0.15) is 0 Å². The summed E-state index contributed by atoms with van der Waals surface area (Å²) in [5.41, 5.74) is -0.174. The zero-order valence-corrected chi connectivity index (χ0v) is 9.16. The number of rotatable bonds is 3. The minimum Gasteiger partial charge on any atom is -0.494 e. The second-order valence-corrected chi connectivity index (χ2v) is 3.19. The molecule has 0 spiro atoms. The molecule has 0 bridgehead atoms. The lowest BCUT2D eigenvalue weighted by Gasteiger charge is -2.07. The maximum absolute atomic E-state index is 10.7. The Balaban J connectivity index is 3.32. The molecule has 0 amide bonds. The largest absolute Gasteiger partial charge is 0.494 e. The molecule has 0 fully saturated rings. The number of halogens is 1. The Labute approximate surface area is 88.8 Å². The molecule has 0 radical (unpaired) electrons. The molecule has 76 valence electrons. The minimum atomic E-state index is -1.16. The van der Waals surface area contributed by atoms with E-state index in [4.69, 9.17) is 14.6 Å². The van der Waals surface area contributed by atoms with Gasteiger partial charge < -0.3 is 14.6 Å². The summed E-state index contributed by atoms with van der Waals surface area (Å²) < 4.78 is 10.3. The Hall–Kier alpha value is -1.30. The summed E-state index contributed by atoms with van der Waals surface area (Å²) >= 11 is 3.17. The topological polar surface area (TPSA) is 68.7 Å². The Morgan fingerprint density at radius 3 is 2.57 bits per heavy atom. The van der Waals surface area contributed by atoms with Crippen molar-refractivity contribution in [1.82, 2.24) is 4.98 Å². The van der Waals surface area contributed by atoms with Crippen molar-refractivity contribution < 1.29 is 19.4 Å². The van der Waals surface area contributed by atoms with Crippen LogP contribution in [0.2, 0.25) is 0 Å². The van der Waals surface area contributed by atoms with Crippen LogP contribution in [0.3, 0.4) is 0 Å². The quantitative estimate of drug-likeness (QED) is 0.895. The van der Waals surface area contributed by atoms with E-state index in [1.165, 1.54) is 20.3 Å². The third-order valence-electron chi connectivity index (χ3n) is 1.52. The maximum atomic E-state index is 10.7. The van der Waals surface area contributed by atoms with E-state index in [1.54, 1.807) is 0 Å². The second-order valence-electron chi connectivity index (χ2n) is 2.34. The predicted octanol–water partition coefficient (Wildman–Crippen LogP) is 1.56. The van der Waals surface area contributed by atoms with Crippen LogP contribution in [0.4, 0.5) is 0 Å². The monoisotopic (exact) mass is 261 g/mol. The van der Waals surface area contributed by atoms with Gasteiger partial charge in [-0.1, -0.05) is 0 Å². The molecule has 0 saturated carbocycles. The molecule has 0 saturated heterocycles. The van der Waals surface area contributed by atoms with Gasteiger partial charge in [0.1, 0.15) is 0 Å². The van der Waals surface area contributed by atoms with Crippen LogP contribution >= 0.6 is 15.9 Å². The van der Waals surface area contributed by atoms with Gasteiger partial charge in [0.05, 0.1) is 18.7 Å². The lowest BCUT2D eigenvalue weighted by Crippen LogP contribution is -2.05. The molecule has 6 heteroatoms. The zero-order valence-electron chi connectivity index (χ0n) is 7.57. The summed E-state index contributed by atoms with van der Waals surface area (Å²) in [4.78, 5) is 14.5. The van der Waals surface area contributed by atoms with Crippen molar-refractivity contribution in [2.45, 2.75) is 0 Å². The first-order valence-electron chi connectivity index (χ1n) is 3.62. The lowest BCUT2D eigenvalue weighted by atomic mass is 10.3. The molecule has 1 N–H and O–H groups in total. The van der Waals surface area contributed by atoms with Gasteiger partial charge in [-0.3, -0.25) is 0 Å². The first kappa shape index (κ1) is 10.8. The van der Waals surface area contributed by atoms with E-state index in [2.05, 4.69) is 20.9 Å². The summed E-state index contributed by atoms with van der Waals surface area (Å²) in [6.45, 7) is 0. The number of carbonyl (C=O) groups is 1. The van der Waals surface area contributed by atoms with E-state index in [1.807, 2.05) is 0 Å². The lowest BCUT2D eigenvalue weighted by molar-refractivity contribution is 0.0685. The van der Waals surface area contributed by atoms with E-state index in [-0.39, 0.29) is 17.3 Å². The SMILES string of the molecule is COc1cc(Br)c(OC)nc1C(=O)O. The summed E-state index contributed by atoms with van der Waals surface area (Å²) in [5.74, 6) is -0.763. The number of ether oxygens (including phenoxy) is 2. The van der Waals surface area contributed by atoms with E-state index < -0.39 is 5.97 Å². The molecule has 1 aromatic rings. The van der Waals surface area contributed by atoms with Gasteiger partial charge in [-0.15, -0.1) is 0 Å². The summed E-state index contributed by atoms with van der Waals surface area (Å²) in [6.07, 6.45) is 0. The first-order valence-corrected chi connectivity index (χ1v) is 4.41. The Morgan fingerprint density at radius 1 is 1.50 bits per heavy atom. The van der Waals surface area contributed by atoms with Crippen LogP contribution in [-0.2, 0) is 0 Å². The summed E-state index contributed by atoms with van der Waals surface area (Å²) in [6, 6.07) is 1.50. The van der Waals surface area contributed by atoms with E-state index >= 15 is 0 Å². The number of pyridine rings is 1. The van der Waals surface area contributed by atoms with E-state index in [9.17, 15) is 4.79 Å². The van der Waals surface area contributed by atoms with Gasteiger partial charge in [0.25, 0.3) is 0 Å². The highest BCUT2D eigenvalue weighted by molar-refractivity contribution is 9.10. The summed E-state index contributed by atoms with van der Waals surface area (Å²) in [7, 11) is 2.79. The molecule has 0 aliphatic heterocycles. The number of hydrogen-bond donors (Lipinski definition) is 1. The average Bonchev–Trinajstić information content (AvgIpc) is 2.16. The highest BCUT2D eigenvalue weighted by atomic mass is 79.9. The van der Waals surface area contributed by atoms with Crippen LogP contribution in [0.25, 0.3) is 0 Å². The number of aromatic nitrogens is 1. The van der Waals surface area contributed by atoms with Crippen LogP contribution in [0.1, 0.15) is 10.5 Å². The Bertz CT molecular complexity index is 367. The van der Waals surface area contributed by atoms with Crippen LogP contribution in [0, 0.1) is 0 Å². The fraction of sp³-hybridized carbons (Fsp3) is 0.250. The molecule has 0 aliphatic carbocycles. The molecule has 14 heavy (non-hydrogen) atoms. The molecule has 1 heterocycles. The van der Waals surface area contributed by atoms with Crippen LogP contribution < -0.4 is 9.47 Å². The fourth-order valence-corrected chi connectivity index (χ4v) is 1.37. The molecule has 0 aliphatic rings. The van der Waals surface area contributed by atoms with Gasteiger partial charge in [-0.25, -0.2) is 9.78 Å². The van der Waals surface area contributed by atoms with Crippen LogP contribution in [-0.4, -0.2) is 30.3 Å². The molecule has 0 unspecified atom stereocenters. The fourth-order valence-electron chi connectivity index (χ4n) is 0.907. The molecule has 0 atom stereocenters. The number of methoxy groups -OCH3 is 2. The van der Waals surface area contributed by atoms with Gasteiger partial charge in [0, 0.05) is 6.07 Å². The number of carboxylic acids is 1. The molecular formula is C8H8BrNO4. The third-order valence-corrected chi connectivity index (χ3v) is 2.09. The Morgan fingerprint density at radius 2 is 2.14 bits per heavy atom. The number of aromatic carboxylic acids is 1. The third kappa shape index (κ3) is 1.95. The van der Waals surface area contributed by atoms with Crippen molar-refractivity contribution in [1.29, 1.82) is 0 Å². The van der Waals surface area contributed by atoms with Crippen LogP contribution in [0.5, 0.6) is 11.6 Å². The van der Waals surface area contributed by atoms with Crippen molar-refractivity contribution in [2.24, 2.45) is 0 Å². The van der Waals surface area contributed by atoms with Gasteiger partial charge >= 0.3 is 5.97 Å². The summed E-state index contributed by atoms with van der Waals surface area (Å²) in [5, 5.41) is 8.79. The second kappa shape index (κ2) is 4.28. The smallest absolute Gasteiger partial charge is 0.358 e. The molecule has 5 nitrogen and oxygen atoms in total. The van der Waals surface area contributed by atoms with Crippen molar-refractivity contribution in [2.75, 3.05) is 14.2 Å². The van der Waals surface area contributed by atoms with Crippen molar-refractivity contribution in [3.63, 3.8) is 0 Å². The normalized spacial score (nSPS) is 9.64. The van der Waals surface area contributed by atoms with Gasteiger partial charge in [0.2, 0.25) is 5.88 Å². The molecular weight excluding hydrogens is 254 g/mol. The Kier molecular flexibility index (Phi) is 3.29. The van der Waals surface area contributed by atoms with Gasteiger partial charge in [0.15, 0.2) is 11.4 Å². The highest BCUT2D eigenvalue weighted by Gasteiger charge is 2.16. The van der Waals surface area contributed by atoms with Crippen molar-refractivity contribution in [3.8, 4) is 11.6 Å². The standard InChI is InChI=1S/C8H8BrNO4/c1-13-5-3-4(9)7(14-2)10-6(5)8(11)12/h3H,1-2H3,(H,11,12). The molecule has 1 rings (SSSR count). The molecule has 0 aromatic carbocycles. The van der Waals surface area contributed by atoms with E-state index in [0.717, 1.165) is 0 Å². The average molecular weight is 262 g/mol. The minimum absolute atomic E-state index is 0.174. The first-order chi connectivity index (χ1) is 6.60. The molecule has 1 aromatic heterocycles. The zero-order chi connectivity index (χ0) is 10.7. The predicted molar refractivity (Wildman–Crippen MR) is 52.0 cm³/mol. The van der Waals surface area contributed by atoms with E-state index in [0.29, 0.717) is 4.47 Å². The number of hydrogen-bond acceptors (Lipinski definition) is 4. The van der Waals surface area contributed by atoms with Crippen LogP contribution in [0.15, 0.2) is 10.5 Å². The van der Waals surface area contributed by atoms with Crippen molar-refractivity contribution >= 4 is 21.9 Å². The van der Waals surface area contributed by atoms with Crippen molar-refractivity contribution in [3.05, 3.63) is 16.2 Å². The maximum Gasteiger partial charge on any atom is 0.358 e. The number of nitrogens with zero attached hydrogens (tertiary/aromatic N) is 1. The number of carboxylic acid groups (broad SMARTS) is 1. The van der Waals surface area contributed by atoms with Gasteiger partial charge in [-0.05, 0) is 15.9 Å². The highest BCUT2D eigenvalue weighted by Crippen LogP contribution is 2.29.